The molecule has 1 aromatic carbocycles. The topological polar surface area (TPSA) is 65.9 Å². The third-order valence-electron chi connectivity index (χ3n) is 4.64. The fourth-order valence-corrected chi connectivity index (χ4v) is 3.56. The van der Waals surface area contributed by atoms with Gasteiger partial charge in [-0.1, -0.05) is 24.6 Å². The van der Waals surface area contributed by atoms with E-state index in [1.54, 1.807) is 6.20 Å². The molecule has 3 rings (SSSR count). The van der Waals surface area contributed by atoms with Crippen LogP contribution in [-0.2, 0) is 0 Å². The molecule has 4 nitrogen and oxygen atoms in total. The van der Waals surface area contributed by atoms with E-state index in [1.807, 2.05) is 24.3 Å². The molecule has 0 amide bonds. The van der Waals surface area contributed by atoms with Crippen molar-refractivity contribution in [3.05, 3.63) is 36.0 Å². The van der Waals surface area contributed by atoms with Crippen molar-refractivity contribution in [1.29, 1.82) is 5.26 Å². The Kier molecular flexibility index (Phi) is 3.76. The smallest absolute Gasteiger partial charge is 0.103 e. The lowest BCUT2D eigenvalue weighted by Gasteiger charge is -2.32. The summed E-state index contributed by atoms with van der Waals surface area (Å²) < 4.78 is 0. The minimum Gasteiger partial charge on any atom is -0.370 e. The van der Waals surface area contributed by atoms with Gasteiger partial charge in [-0.25, -0.2) is 0 Å². The first-order chi connectivity index (χ1) is 10.3. The summed E-state index contributed by atoms with van der Waals surface area (Å²) in [4.78, 5) is 6.64. The van der Waals surface area contributed by atoms with E-state index >= 15 is 0 Å². The van der Waals surface area contributed by atoms with Crippen molar-refractivity contribution < 1.29 is 0 Å². The Balaban J connectivity index is 2.12. The van der Waals surface area contributed by atoms with Gasteiger partial charge in [0, 0.05) is 24.7 Å². The predicted molar refractivity (Wildman–Crippen MR) is 85.0 cm³/mol. The van der Waals surface area contributed by atoms with Gasteiger partial charge in [-0.2, -0.15) is 5.26 Å². The molecule has 21 heavy (non-hydrogen) atoms. The molecule has 0 spiro atoms. The number of anilines is 1. The number of hydrogen-bond donors (Lipinski definition) is 1. The van der Waals surface area contributed by atoms with Crippen molar-refractivity contribution in [2.45, 2.75) is 25.3 Å². The third-order valence-corrected chi connectivity index (χ3v) is 4.64. The lowest BCUT2D eigenvalue weighted by molar-refractivity contribution is 0.475. The van der Waals surface area contributed by atoms with Crippen LogP contribution in [0.1, 0.15) is 24.8 Å². The minimum absolute atomic E-state index is 0.410. The summed E-state index contributed by atoms with van der Waals surface area (Å²) in [5.74, 6) is 0.508. The van der Waals surface area contributed by atoms with Gasteiger partial charge >= 0.3 is 0 Å². The van der Waals surface area contributed by atoms with E-state index in [1.165, 1.54) is 12.8 Å². The van der Waals surface area contributed by atoms with Crippen LogP contribution in [0.3, 0.4) is 0 Å². The van der Waals surface area contributed by atoms with Crippen molar-refractivity contribution >= 4 is 16.6 Å². The second kappa shape index (κ2) is 5.71. The third kappa shape index (κ3) is 2.34. The number of fused-ring (bicyclic) bond motifs is 1. The molecule has 0 radical (unpaired) electrons. The van der Waals surface area contributed by atoms with Crippen LogP contribution >= 0.6 is 0 Å². The minimum atomic E-state index is 0.410. The van der Waals surface area contributed by atoms with Gasteiger partial charge in [0.2, 0.25) is 0 Å². The summed E-state index contributed by atoms with van der Waals surface area (Å²) in [5, 5.41) is 10.5. The molecular weight excluding hydrogens is 260 g/mol. The molecule has 1 heterocycles. The average Bonchev–Trinajstić information content (AvgIpc) is 3.01. The monoisotopic (exact) mass is 280 g/mol. The largest absolute Gasteiger partial charge is 0.370 e. The first-order valence-electron chi connectivity index (χ1n) is 7.47. The van der Waals surface area contributed by atoms with Crippen LogP contribution in [0.15, 0.2) is 30.5 Å². The summed E-state index contributed by atoms with van der Waals surface area (Å²) in [7, 11) is 2.08. The zero-order chi connectivity index (χ0) is 14.8. The van der Waals surface area contributed by atoms with Crippen LogP contribution in [-0.4, -0.2) is 24.6 Å². The standard InChI is InChI=1S/C17H20N4/c1-21(16-8-4-5-12(16)9-18)17-13(10-19)11-20-15-7-3-2-6-14(15)17/h2-3,6-7,11-12,16H,4-5,8-9,18H2,1H3. The maximum absolute atomic E-state index is 9.45. The molecule has 2 unspecified atom stereocenters. The van der Waals surface area contributed by atoms with Crippen molar-refractivity contribution in [2.24, 2.45) is 11.7 Å². The summed E-state index contributed by atoms with van der Waals surface area (Å²) in [6.07, 6.45) is 5.21. The van der Waals surface area contributed by atoms with Gasteiger partial charge in [0.25, 0.3) is 0 Å². The van der Waals surface area contributed by atoms with Crippen molar-refractivity contribution in [2.75, 3.05) is 18.5 Å². The van der Waals surface area contributed by atoms with Crippen LogP contribution in [0.25, 0.3) is 10.9 Å². The summed E-state index contributed by atoms with van der Waals surface area (Å²) in [6.45, 7) is 0.708. The van der Waals surface area contributed by atoms with Gasteiger partial charge in [0.1, 0.15) is 6.07 Å². The Morgan fingerprint density at radius 2 is 2.19 bits per heavy atom. The molecule has 2 N–H and O–H groups in total. The number of para-hydroxylation sites is 1. The Morgan fingerprint density at radius 3 is 2.95 bits per heavy atom. The van der Waals surface area contributed by atoms with Gasteiger partial charge < -0.3 is 10.6 Å². The van der Waals surface area contributed by atoms with E-state index in [4.69, 9.17) is 5.73 Å². The van der Waals surface area contributed by atoms with Gasteiger partial charge in [-0.3, -0.25) is 4.98 Å². The molecule has 1 aromatic heterocycles. The molecule has 1 aliphatic rings. The first-order valence-corrected chi connectivity index (χ1v) is 7.47. The summed E-state index contributed by atoms with van der Waals surface area (Å²) in [6, 6.07) is 10.7. The van der Waals surface area contributed by atoms with Crippen LogP contribution in [0.4, 0.5) is 5.69 Å². The molecule has 0 aliphatic heterocycles. The second-order valence-corrected chi connectivity index (χ2v) is 5.75. The highest BCUT2D eigenvalue weighted by atomic mass is 15.1. The summed E-state index contributed by atoms with van der Waals surface area (Å²) >= 11 is 0. The number of rotatable bonds is 3. The maximum atomic E-state index is 9.45. The molecule has 0 saturated heterocycles. The van der Waals surface area contributed by atoms with Gasteiger partial charge in [0.05, 0.1) is 16.8 Å². The quantitative estimate of drug-likeness (QED) is 0.938. The van der Waals surface area contributed by atoms with E-state index < -0.39 is 0 Å². The second-order valence-electron chi connectivity index (χ2n) is 5.75. The highest BCUT2D eigenvalue weighted by Gasteiger charge is 2.31. The van der Waals surface area contributed by atoms with E-state index in [2.05, 4.69) is 23.0 Å². The van der Waals surface area contributed by atoms with Crippen molar-refractivity contribution in [1.82, 2.24) is 4.98 Å². The number of aromatic nitrogens is 1. The zero-order valence-corrected chi connectivity index (χ0v) is 12.3. The molecule has 108 valence electrons. The fraction of sp³-hybridized carbons (Fsp3) is 0.412. The molecule has 1 aliphatic carbocycles. The average molecular weight is 280 g/mol. The van der Waals surface area contributed by atoms with Gasteiger partial charge in [-0.15, -0.1) is 0 Å². The van der Waals surface area contributed by atoms with E-state index in [-0.39, 0.29) is 0 Å². The number of nitrogens with zero attached hydrogens (tertiary/aromatic N) is 3. The molecule has 1 saturated carbocycles. The number of nitriles is 1. The Hall–Kier alpha value is -2.12. The Bertz CT molecular complexity index is 689. The first kappa shape index (κ1) is 13.8. The number of hydrogen-bond acceptors (Lipinski definition) is 4. The lowest BCUT2D eigenvalue weighted by Crippen LogP contribution is -2.38. The molecule has 1 fully saturated rings. The molecule has 4 heteroatoms. The SMILES string of the molecule is CN(c1c(C#N)cnc2ccccc12)C1CCCC1CN. The highest BCUT2D eigenvalue weighted by molar-refractivity contribution is 5.94. The normalized spacial score (nSPS) is 21.4. The molecular formula is C17H20N4. The number of benzene rings is 1. The predicted octanol–water partition coefficient (Wildman–Crippen LogP) is 2.67. The molecule has 0 bridgehead atoms. The Morgan fingerprint density at radius 1 is 1.38 bits per heavy atom. The van der Waals surface area contributed by atoms with Gasteiger partial charge in [0.15, 0.2) is 0 Å². The van der Waals surface area contributed by atoms with E-state index in [0.717, 1.165) is 23.0 Å². The van der Waals surface area contributed by atoms with Crippen LogP contribution in [0.5, 0.6) is 0 Å². The van der Waals surface area contributed by atoms with Crippen molar-refractivity contribution in [3.63, 3.8) is 0 Å². The molecule has 2 aromatic rings. The molecule has 2 atom stereocenters. The van der Waals surface area contributed by atoms with Crippen LogP contribution < -0.4 is 10.6 Å². The number of nitrogens with two attached hydrogens (primary N) is 1. The lowest BCUT2D eigenvalue weighted by atomic mass is 10.0. The zero-order valence-electron chi connectivity index (χ0n) is 12.3. The van der Waals surface area contributed by atoms with E-state index in [9.17, 15) is 5.26 Å². The Labute approximate surface area is 125 Å². The van der Waals surface area contributed by atoms with Crippen molar-refractivity contribution in [3.8, 4) is 6.07 Å². The fourth-order valence-electron chi connectivity index (χ4n) is 3.56. The van der Waals surface area contributed by atoms with E-state index in [0.29, 0.717) is 24.1 Å². The van der Waals surface area contributed by atoms with Crippen LogP contribution in [0.2, 0.25) is 0 Å². The highest BCUT2D eigenvalue weighted by Crippen LogP contribution is 2.36. The summed E-state index contributed by atoms with van der Waals surface area (Å²) in [5.41, 5.74) is 8.48. The number of pyridine rings is 1. The van der Waals surface area contributed by atoms with Gasteiger partial charge in [-0.05, 0) is 31.4 Å². The van der Waals surface area contributed by atoms with Crippen LogP contribution in [0, 0.1) is 17.2 Å². The maximum Gasteiger partial charge on any atom is 0.103 e.